The van der Waals surface area contributed by atoms with E-state index in [2.05, 4.69) is 15.5 Å². The number of carbonyl (C=O) groups excluding carboxylic acids is 1. The maximum atomic E-state index is 12.5. The Morgan fingerprint density at radius 2 is 1.77 bits per heavy atom. The number of aromatic nitrogens is 2. The minimum atomic E-state index is -3.62. The van der Waals surface area contributed by atoms with Gasteiger partial charge in [0.15, 0.2) is 4.34 Å². The third-order valence-electron chi connectivity index (χ3n) is 4.18. The number of nitrogens with zero attached hydrogens (tertiary/aromatic N) is 3. The molecule has 0 saturated heterocycles. The molecular weight excluding hydrogens is 440 g/mol. The molecule has 1 aromatic heterocycles. The summed E-state index contributed by atoms with van der Waals surface area (Å²) in [5.74, 6) is 0.273. The van der Waals surface area contributed by atoms with Crippen LogP contribution in [0.3, 0.4) is 0 Å². The highest BCUT2D eigenvalue weighted by Crippen LogP contribution is 2.28. The molecule has 0 fully saturated rings. The maximum Gasteiger partial charge on any atom is 0.246 e. The van der Waals surface area contributed by atoms with Crippen molar-refractivity contribution in [3.8, 4) is 0 Å². The summed E-state index contributed by atoms with van der Waals surface area (Å²) in [6.07, 6.45) is 1.93. The van der Waals surface area contributed by atoms with Crippen molar-refractivity contribution in [1.82, 2.24) is 10.2 Å². The van der Waals surface area contributed by atoms with Gasteiger partial charge in [-0.2, -0.15) is 0 Å². The first kappa shape index (κ1) is 22.3. The molecule has 1 N–H and O–H groups in total. The Bertz CT molecular complexity index is 1080. The van der Waals surface area contributed by atoms with Crippen LogP contribution in [0.25, 0.3) is 0 Å². The van der Waals surface area contributed by atoms with Gasteiger partial charge in [-0.05, 0) is 29.7 Å². The van der Waals surface area contributed by atoms with Gasteiger partial charge in [-0.15, -0.1) is 10.2 Å². The van der Waals surface area contributed by atoms with Crippen LogP contribution in [0.5, 0.6) is 0 Å². The minimum Gasteiger partial charge on any atom is -0.299 e. The van der Waals surface area contributed by atoms with E-state index in [1.54, 1.807) is 12.1 Å². The zero-order valence-corrected chi connectivity index (χ0v) is 19.1. The van der Waals surface area contributed by atoms with E-state index >= 15 is 0 Å². The lowest BCUT2D eigenvalue weighted by Gasteiger charge is -2.21. The molecule has 0 aliphatic carbocycles. The number of anilines is 2. The molecule has 1 heterocycles. The molecule has 3 aromatic rings. The first-order chi connectivity index (χ1) is 14.3. The van der Waals surface area contributed by atoms with Crippen molar-refractivity contribution in [1.29, 1.82) is 0 Å². The van der Waals surface area contributed by atoms with Gasteiger partial charge in [-0.3, -0.25) is 14.4 Å². The summed E-state index contributed by atoms with van der Waals surface area (Å²) in [6.45, 7) is 1.68. The molecule has 7 nitrogen and oxygen atoms in total. The zero-order valence-electron chi connectivity index (χ0n) is 16.6. The molecule has 3 rings (SSSR count). The summed E-state index contributed by atoms with van der Waals surface area (Å²) in [6, 6.07) is 17.1. The Hall–Kier alpha value is -2.43. The molecule has 1 amide bonds. The second-order valence-electron chi connectivity index (χ2n) is 6.49. The molecule has 0 unspecified atom stereocenters. The maximum absolute atomic E-state index is 12.5. The van der Waals surface area contributed by atoms with E-state index in [1.807, 2.05) is 49.4 Å². The van der Waals surface area contributed by atoms with E-state index in [0.29, 0.717) is 10.8 Å². The Labute approximate surface area is 184 Å². The number of thioether (sulfide) groups is 1. The summed E-state index contributed by atoms with van der Waals surface area (Å²) < 4.78 is 26.2. The van der Waals surface area contributed by atoms with E-state index in [0.717, 1.165) is 32.6 Å². The molecule has 0 atom stereocenters. The fourth-order valence-electron chi connectivity index (χ4n) is 2.63. The predicted molar refractivity (Wildman–Crippen MR) is 123 cm³/mol. The van der Waals surface area contributed by atoms with Crippen LogP contribution in [0.2, 0.25) is 0 Å². The molecule has 0 bridgehead atoms. The smallest absolute Gasteiger partial charge is 0.246 e. The second kappa shape index (κ2) is 10.1. The van der Waals surface area contributed by atoms with Gasteiger partial charge in [0, 0.05) is 5.75 Å². The Balaban J connectivity index is 1.62. The summed E-state index contributed by atoms with van der Waals surface area (Å²) in [5, 5.41) is 11.0. The lowest BCUT2D eigenvalue weighted by atomic mass is 10.1. The van der Waals surface area contributed by atoms with Crippen LogP contribution in [0.15, 0.2) is 58.9 Å². The molecule has 30 heavy (non-hydrogen) atoms. The van der Waals surface area contributed by atoms with Gasteiger partial charge in [0.05, 0.1) is 11.9 Å². The van der Waals surface area contributed by atoms with Crippen molar-refractivity contribution in [2.45, 2.75) is 23.4 Å². The van der Waals surface area contributed by atoms with Crippen molar-refractivity contribution in [3.63, 3.8) is 0 Å². The van der Waals surface area contributed by atoms with E-state index in [9.17, 15) is 13.2 Å². The van der Waals surface area contributed by atoms with Crippen LogP contribution >= 0.6 is 23.1 Å². The number of amides is 1. The minimum absolute atomic E-state index is 0.337. The van der Waals surface area contributed by atoms with Crippen LogP contribution in [-0.4, -0.2) is 37.3 Å². The van der Waals surface area contributed by atoms with Crippen molar-refractivity contribution in [2.24, 2.45) is 0 Å². The van der Waals surface area contributed by atoms with Crippen molar-refractivity contribution in [3.05, 3.63) is 65.7 Å². The van der Waals surface area contributed by atoms with Crippen LogP contribution in [-0.2, 0) is 27.0 Å². The van der Waals surface area contributed by atoms with Crippen molar-refractivity contribution < 1.29 is 13.2 Å². The monoisotopic (exact) mass is 462 g/mol. The Morgan fingerprint density at radius 3 is 2.40 bits per heavy atom. The fourth-order valence-corrected chi connectivity index (χ4v) is 5.21. The molecule has 0 radical (unpaired) electrons. The van der Waals surface area contributed by atoms with E-state index < -0.39 is 15.9 Å². The number of hydrogen-bond acceptors (Lipinski definition) is 7. The normalized spacial score (nSPS) is 11.3. The Kier molecular flexibility index (Phi) is 7.46. The van der Waals surface area contributed by atoms with Gasteiger partial charge in [0.1, 0.15) is 6.54 Å². The van der Waals surface area contributed by atoms with Gasteiger partial charge in [0.25, 0.3) is 0 Å². The van der Waals surface area contributed by atoms with Gasteiger partial charge >= 0.3 is 0 Å². The van der Waals surface area contributed by atoms with E-state index in [1.165, 1.54) is 28.7 Å². The average Bonchev–Trinajstić information content (AvgIpc) is 3.18. The fraction of sp³-hybridized carbons (Fsp3) is 0.250. The van der Waals surface area contributed by atoms with Crippen molar-refractivity contribution >= 4 is 49.8 Å². The van der Waals surface area contributed by atoms with E-state index in [-0.39, 0.29) is 6.54 Å². The summed E-state index contributed by atoms with van der Waals surface area (Å²) in [4.78, 5) is 12.5. The van der Waals surface area contributed by atoms with Crippen LogP contribution in [0.4, 0.5) is 10.8 Å². The first-order valence-corrected chi connectivity index (χ1v) is 12.9. The number of rotatable bonds is 9. The van der Waals surface area contributed by atoms with Crippen LogP contribution in [0, 0.1) is 0 Å². The third kappa shape index (κ3) is 6.28. The van der Waals surface area contributed by atoms with Gasteiger partial charge in [-0.25, -0.2) is 8.42 Å². The average molecular weight is 463 g/mol. The number of benzene rings is 2. The van der Waals surface area contributed by atoms with Crippen molar-refractivity contribution in [2.75, 3.05) is 22.4 Å². The molecule has 2 aromatic carbocycles. The standard InChI is InChI=1S/C20H22N4O3S3/c1-3-15-9-11-17(12-10-15)24(30(2,26)27)13-18(25)21-19-22-23-20(29-19)28-14-16-7-5-4-6-8-16/h4-12H,3,13-14H2,1-2H3,(H,21,22,25). The van der Waals surface area contributed by atoms with E-state index in [4.69, 9.17) is 0 Å². The number of carbonyl (C=O) groups is 1. The number of sulfonamides is 1. The highest BCUT2D eigenvalue weighted by molar-refractivity contribution is 8.00. The Morgan fingerprint density at radius 1 is 1.07 bits per heavy atom. The number of nitrogens with one attached hydrogen (secondary N) is 1. The highest BCUT2D eigenvalue weighted by atomic mass is 32.2. The number of aryl methyl sites for hydroxylation is 1. The third-order valence-corrected chi connectivity index (χ3v) is 7.36. The molecule has 0 spiro atoms. The molecule has 0 saturated carbocycles. The van der Waals surface area contributed by atoms with Crippen LogP contribution in [0.1, 0.15) is 18.1 Å². The molecule has 0 aliphatic rings. The molecule has 10 heteroatoms. The predicted octanol–water partition coefficient (Wildman–Crippen LogP) is 3.80. The first-order valence-electron chi connectivity index (χ1n) is 9.22. The lowest BCUT2D eigenvalue weighted by molar-refractivity contribution is -0.114. The molecule has 0 aliphatic heterocycles. The van der Waals surface area contributed by atoms with Crippen LogP contribution < -0.4 is 9.62 Å². The summed E-state index contributed by atoms with van der Waals surface area (Å²) >= 11 is 2.78. The quantitative estimate of drug-likeness (QED) is 0.384. The van der Waals surface area contributed by atoms with Gasteiger partial charge in [0.2, 0.25) is 21.1 Å². The number of hydrogen-bond donors (Lipinski definition) is 1. The summed E-state index contributed by atoms with van der Waals surface area (Å²) in [7, 11) is -3.62. The topological polar surface area (TPSA) is 92.3 Å². The zero-order chi connectivity index (χ0) is 21.6. The largest absolute Gasteiger partial charge is 0.299 e. The molecular formula is C20H22N4O3S3. The lowest BCUT2D eigenvalue weighted by Crippen LogP contribution is -2.37. The second-order valence-corrected chi connectivity index (χ2v) is 10.6. The van der Waals surface area contributed by atoms with Gasteiger partial charge in [-0.1, -0.05) is 72.5 Å². The van der Waals surface area contributed by atoms with Gasteiger partial charge < -0.3 is 0 Å². The SMILES string of the molecule is CCc1ccc(N(CC(=O)Nc2nnc(SCc3ccccc3)s2)S(C)(=O)=O)cc1. The molecule has 158 valence electrons. The highest BCUT2D eigenvalue weighted by Gasteiger charge is 2.21. The summed E-state index contributed by atoms with van der Waals surface area (Å²) in [5.41, 5.74) is 2.70.